The summed E-state index contributed by atoms with van der Waals surface area (Å²) in [5, 5.41) is 0. The molecule has 5 nitrogen and oxygen atoms in total. The molecule has 0 saturated carbocycles. The highest BCUT2D eigenvalue weighted by atomic mass is 19.1. The molecule has 1 aliphatic rings. The topological polar surface area (TPSA) is 51.7 Å². The molecule has 32 heavy (non-hydrogen) atoms. The van der Waals surface area contributed by atoms with Gasteiger partial charge >= 0.3 is 0 Å². The minimum absolute atomic E-state index is 0.0724. The number of amides is 1. The molecule has 0 spiro atoms. The number of piperidine rings is 1. The molecule has 3 aromatic rings. The number of aromatic nitrogens is 1. The zero-order valence-corrected chi connectivity index (χ0v) is 18.6. The van der Waals surface area contributed by atoms with Crippen molar-refractivity contribution in [2.75, 3.05) is 27.3 Å². The first-order chi connectivity index (χ1) is 15.5. The van der Waals surface area contributed by atoms with Crippen LogP contribution in [-0.4, -0.2) is 43.1 Å². The molecule has 1 fully saturated rings. The van der Waals surface area contributed by atoms with E-state index in [2.05, 4.69) is 6.07 Å². The monoisotopic (exact) mass is 434 g/mol. The normalized spacial score (nSPS) is 16.0. The lowest BCUT2D eigenvalue weighted by Crippen LogP contribution is -2.39. The molecule has 6 heteroatoms. The molecule has 0 bridgehead atoms. The van der Waals surface area contributed by atoms with Crippen LogP contribution in [0.1, 0.15) is 40.5 Å². The zero-order chi connectivity index (χ0) is 22.7. The van der Waals surface area contributed by atoms with Crippen molar-refractivity contribution in [2.45, 2.75) is 25.7 Å². The third-order valence-electron chi connectivity index (χ3n) is 5.91. The van der Waals surface area contributed by atoms with Gasteiger partial charge in [0.2, 0.25) is 0 Å². The summed E-state index contributed by atoms with van der Waals surface area (Å²) in [5.41, 5.74) is 4.31. The summed E-state index contributed by atoms with van der Waals surface area (Å²) in [6.07, 6.45) is 1.85. The van der Waals surface area contributed by atoms with Crippen molar-refractivity contribution < 1.29 is 18.7 Å². The standard InChI is InChI=1S/C26H27FN2O3/c1-17-14-20(18-9-11-21(27)12-10-18)15-23(28-17)19-6-5-13-29(16-19)26(30)22-7-4-8-24(31-2)25(22)32-3/h4,7-12,14-15,19H,5-6,13,16H2,1-3H3/t19-/m0/s1. The number of methoxy groups -OCH3 is 2. The molecule has 1 amide bonds. The molecule has 0 radical (unpaired) electrons. The Morgan fingerprint density at radius 1 is 1.06 bits per heavy atom. The quantitative estimate of drug-likeness (QED) is 0.552. The number of para-hydroxylation sites is 1. The van der Waals surface area contributed by atoms with E-state index in [0.29, 0.717) is 30.2 Å². The van der Waals surface area contributed by atoms with E-state index in [1.54, 1.807) is 44.6 Å². The van der Waals surface area contributed by atoms with Crippen molar-refractivity contribution in [1.29, 1.82) is 0 Å². The molecule has 1 saturated heterocycles. The van der Waals surface area contributed by atoms with Crippen molar-refractivity contribution in [3.05, 3.63) is 77.4 Å². The summed E-state index contributed by atoms with van der Waals surface area (Å²) in [7, 11) is 3.10. The van der Waals surface area contributed by atoms with Crippen molar-refractivity contribution in [2.24, 2.45) is 0 Å². The van der Waals surface area contributed by atoms with E-state index in [-0.39, 0.29) is 17.6 Å². The molecule has 4 rings (SSSR count). The number of carbonyl (C=O) groups excluding carboxylic acids is 1. The largest absolute Gasteiger partial charge is 0.493 e. The maximum atomic E-state index is 13.3. The Bertz CT molecular complexity index is 1110. The summed E-state index contributed by atoms with van der Waals surface area (Å²) >= 11 is 0. The van der Waals surface area contributed by atoms with Gasteiger partial charge in [-0.3, -0.25) is 9.78 Å². The van der Waals surface area contributed by atoms with Gasteiger partial charge in [-0.25, -0.2) is 4.39 Å². The summed E-state index contributed by atoms with van der Waals surface area (Å²) < 4.78 is 24.2. The van der Waals surface area contributed by atoms with Gasteiger partial charge in [0, 0.05) is 30.4 Å². The first-order valence-electron chi connectivity index (χ1n) is 10.7. The number of benzene rings is 2. The lowest BCUT2D eigenvalue weighted by Gasteiger charge is -2.33. The molecule has 0 aliphatic carbocycles. The number of pyridine rings is 1. The predicted octanol–water partition coefficient (Wildman–Crippen LogP) is 5.23. The van der Waals surface area contributed by atoms with Gasteiger partial charge in [0.05, 0.1) is 19.8 Å². The van der Waals surface area contributed by atoms with Gasteiger partial charge in [-0.2, -0.15) is 0 Å². The van der Waals surface area contributed by atoms with Crippen LogP contribution < -0.4 is 9.47 Å². The van der Waals surface area contributed by atoms with Gasteiger partial charge in [-0.1, -0.05) is 18.2 Å². The number of aryl methyl sites for hydroxylation is 1. The van der Waals surface area contributed by atoms with Crippen LogP contribution in [0.2, 0.25) is 0 Å². The molecule has 166 valence electrons. The third kappa shape index (κ3) is 4.44. The Morgan fingerprint density at radius 3 is 2.56 bits per heavy atom. The van der Waals surface area contributed by atoms with Crippen LogP contribution in [0.3, 0.4) is 0 Å². The number of hydrogen-bond donors (Lipinski definition) is 0. The number of nitrogens with zero attached hydrogens (tertiary/aromatic N) is 2. The van der Waals surface area contributed by atoms with Crippen LogP contribution in [0.4, 0.5) is 4.39 Å². The second kappa shape index (κ2) is 9.39. The van der Waals surface area contributed by atoms with Crippen molar-refractivity contribution >= 4 is 5.91 Å². The third-order valence-corrected chi connectivity index (χ3v) is 5.91. The van der Waals surface area contributed by atoms with Gasteiger partial charge in [0.15, 0.2) is 11.5 Å². The van der Waals surface area contributed by atoms with Gasteiger partial charge in [0.1, 0.15) is 5.82 Å². The van der Waals surface area contributed by atoms with Crippen molar-refractivity contribution in [1.82, 2.24) is 9.88 Å². The fraction of sp³-hybridized carbons (Fsp3) is 0.308. The highest BCUT2D eigenvalue weighted by Crippen LogP contribution is 2.34. The lowest BCUT2D eigenvalue weighted by molar-refractivity contribution is 0.0702. The minimum Gasteiger partial charge on any atom is -0.493 e. The summed E-state index contributed by atoms with van der Waals surface area (Å²) in [6.45, 7) is 3.23. The molecular formula is C26H27FN2O3. The SMILES string of the molecule is COc1cccc(C(=O)N2CCC[C@H](c3cc(-c4ccc(F)cc4)cc(C)n3)C2)c1OC. The van der Waals surface area contributed by atoms with E-state index >= 15 is 0 Å². The van der Waals surface area contributed by atoms with Gasteiger partial charge in [-0.15, -0.1) is 0 Å². The van der Waals surface area contributed by atoms with E-state index < -0.39 is 0 Å². The smallest absolute Gasteiger partial charge is 0.257 e. The Labute approximate surface area is 187 Å². The van der Waals surface area contributed by atoms with Gasteiger partial charge in [-0.05, 0) is 67.3 Å². The highest BCUT2D eigenvalue weighted by Gasteiger charge is 2.29. The molecule has 0 N–H and O–H groups in total. The fourth-order valence-corrected chi connectivity index (χ4v) is 4.34. The summed E-state index contributed by atoms with van der Waals surface area (Å²) in [6, 6.07) is 15.9. The predicted molar refractivity (Wildman–Crippen MR) is 122 cm³/mol. The van der Waals surface area contributed by atoms with E-state index in [4.69, 9.17) is 14.5 Å². The Balaban J connectivity index is 1.60. The maximum absolute atomic E-state index is 13.3. The Morgan fingerprint density at radius 2 is 1.84 bits per heavy atom. The average molecular weight is 435 g/mol. The number of likely N-dealkylation sites (tertiary alicyclic amines) is 1. The number of carbonyl (C=O) groups is 1. The van der Waals surface area contributed by atoms with E-state index in [0.717, 1.165) is 35.4 Å². The average Bonchev–Trinajstić information content (AvgIpc) is 2.83. The minimum atomic E-state index is -0.255. The van der Waals surface area contributed by atoms with Crippen LogP contribution in [0, 0.1) is 12.7 Å². The van der Waals surface area contributed by atoms with Crippen LogP contribution in [0.5, 0.6) is 11.5 Å². The number of halogens is 1. The Kier molecular flexibility index (Phi) is 6.40. The van der Waals surface area contributed by atoms with Crippen LogP contribution in [0.15, 0.2) is 54.6 Å². The second-order valence-corrected chi connectivity index (χ2v) is 8.06. The van der Waals surface area contributed by atoms with E-state index in [1.807, 2.05) is 17.9 Å². The Hall–Kier alpha value is -3.41. The maximum Gasteiger partial charge on any atom is 0.257 e. The van der Waals surface area contributed by atoms with Crippen LogP contribution >= 0.6 is 0 Å². The number of rotatable bonds is 5. The lowest BCUT2D eigenvalue weighted by atomic mass is 9.91. The summed E-state index contributed by atoms with van der Waals surface area (Å²) in [5.74, 6) is 0.792. The molecule has 2 heterocycles. The van der Waals surface area contributed by atoms with E-state index in [1.165, 1.54) is 12.1 Å². The fourth-order valence-electron chi connectivity index (χ4n) is 4.34. The molecular weight excluding hydrogens is 407 g/mol. The zero-order valence-electron chi connectivity index (χ0n) is 18.6. The molecule has 0 unspecified atom stereocenters. The molecule has 1 aromatic heterocycles. The van der Waals surface area contributed by atoms with Crippen LogP contribution in [-0.2, 0) is 0 Å². The molecule has 1 aliphatic heterocycles. The second-order valence-electron chi connectivity index (χ2n) is 8.06. The van der Waals surface area contributed by atoms with Gasteiger partial charge < -0.3 is 14.4 Å². The number of hydrogen-bond acceptors (Lipinski definition) is 4. The van der Waals surface area contributed by atoms with Crippen molar-refractivity contribution in [3.8, 4) is 22.6 Å². The first kappa shape index (κ1) is 21.8. The number of ether oxygens (including phenoxy) is 2. The summed E-state index contributed by atoms with van der Waals surface area (Å²) in [4.78, 5) is 20.0. The molecule has 2 aromatic carbocycles. The first-order valence-corrected chi connectivity index (χ1v) is 10.7. The van der Waals surface area contributed by atoms with Crippen LogP contribution in [0.25, 0.3) is 11.1 Å². The highest BCUT2D eigenvalue weighted by molar-refractivity contribution is 5.98. The van der Waals surface area contributed by atoms with E-state index in [9.17, 15) is 9.18 Å². The molecule has 1 atom stereocenters. The van der Waals surface area contributed by atoms with Gasteiger partial charge in [0.25, 0.3) is 5.91 Å². The van der Waals surface area contributed by atoms with Crippen molar-refractivity contribution in [3.63, 3.8) is 0 Å².